The molecule has 2 heterocycles. The summed E-state index contributed by atoms with van der Waals surface area (Å²) < 4.78 is 13.7. The van der Waals surface area contributed by atoms with E-state index in [1.165, 1.54) is 0 Å². The van der Waals surface area contributed by atoms with E-state index in [1.54, 1.807) is 38.5 Å². The van der Waals surface area contributed by atoms with Gasteiger partial charge in [-0.1, -0.05) is 12.1 Å². The normalized spacial score (nSPS) is 14.8. The molecule has 26 heavy (non-hydrogen) atoms. The summed E-state index contributed by atoms with van der Waals surface area (Å²) in [5.41, 5.74) is 1.56. The van der Waals surface area contributed by atoms with Gasteiger partial charge in [-0.05, 0) is 30.2 Å². The Hall–Kier alpha value is -1.97. The fourth-order valence-corrected chi connectivity index (χ4v) is 2.83. The number of halogens is 2. The molecule has 8 heteroatoms. The molecular formula is C18H24FIN6. The fraction of sp³-hybridized carbons (Fsp3) is 0.389. The van der Waals surface area contributed by atoms with Gasteiger partial charge in [0.05, 0.1) is 0 Å². The lowest BCUT2D eigenvalue weighted by atomic mass is 10.1. The second-order valence-electron chi connectivity index (χ2n) is 6.01. The Bertz CT molecular complexity index is 732. The third-order valence-corrected chi connectivity index (χ3v) is 4.31. The van der Waals surface area contributed by atoms with E-state index in [-0.39, 0.29) is 29.8 Å². The van der Waals surface area contributed by atoms with E-state index in [9.17, 15) is 4.39 Å². The molecule has 1 aromatic carbocycles. The van der Waals surface area contributed by atoms with Gasteiger partial charge in [-0.3, -0.25) is 4.99 Å². The minimum atomic E-state index is -0.175. The van der Waals surface area contributed by atoms with E-state index in [1.807, 2.05) is 12.1 Å². The van der Waals surface area contributed by atoms with Gasteiger partial charge in [-0.15, -0.1) is 24.0 Å². The first-order chi connectivity index (χ1) is 12.2. The molecular weight excluding hydrogens is 446 g/mol. The number of benzene rings is 1. The third kappa shape index (κ3) is 5.03. The minimum absolute atomic E-state index is 0. The van der Waals surface area contributed by atoms with Crippen molar-refractivity contribution >= 4 is 35.9 Å². The Balaban J connectivity index is 0.00000243. The summed E-state index contributed by atoms with van der Waals surface area (Å²) in [5.74, 6) is 1.42. The molecule has 0 saturated carbocycles. The zero-order valence-electron chi connectivity index (χ0n) is 15.0. The lowest BCUT2D eigenvalue weighted by molar-refractivity contribution is 0.370. The van der Waals surface area contributed by atoms with Crippen molar-refractivity contribution in [3.8, 4) is 0 Å². The van der Waals surface area contributed by atoms with Gasteiger partial charge < -0.3 is 15.1 Å². The summed E-state index contributed by atoms with van der Waals surface area (Å²) in [6.07, 6.45) is 3.52. The Morgan fingerprint density at radius 1 is 1.19 bits per heavy atom. The van der Waals surface area contributed by atoms with Crippen LogP contribution in [0, 0.1) is 12.7 Å². The van der Waals surface area contributed by atoms with E-state index in [0.29, 0.717) is 12.1 Å². The molecule has 0 spiro atoms. The zero-order valence-corrected chi connectivity index (χ0v) is 17.4. The van der Waals surface area contributed by atoms with Crippen molar-refractivity contribution in [3.63, 3.8) is 0 Å². The predicted molar refractivity (Wildman–Crippen MR) is 113 cm³/mol. The summed E-state index contributed by atoms with van der Waals surface area (Å²) in [6.45, 7) is 5.65. The van der Waals surface area contributed by atoms with Gasteiger partial charge in [0.2, 0.25) is 5.95 Å². The first-order valence-corrected chi connectivity index (χ1v) is 8.40. The minimum Gasteiger partial charge on any atom is -0.352 e. The standard InChI is InChI=1S/C18H23FN6.HI/c1-14-4-5-15(12-16(14)19)13-23-17(20-2)24-8-10-25(11-9-24)18-21-6-3-7-22-18;/h3-7,12H,8-11,13H2,1-2H3,(H,20,23);1H. The number of piperazine rings is 1. The van der Waals surface area contributed by atoms with Gasteiger partial charge in [0.25, 0.3) is 0 Å². The van der Waals surface area contributed by atoms with Gasteiger partial charge in [0, 0.05) is 52.2 Å². The highest BCUT2D eigenvalue weighted by Gasteiger charge is 2.20. The number of hydrogen-bond acceptors (Lipinski definition) is 4. The first kappa shape index (κ1) is 20.3. The van der Waals surface area contributed by atoms with Crippen molar-refractivity contribution in [1.82, 2.24) is 20.2 Å². The Kier molecular flexibility index (Phi) is 7.55. The average Bonchev–Trinajstić information content (AvgIpc) is 2.66. The number of anilines is 1. The number of nitrogens with zero attached hydrogens (tertiary/aromatic N) is 5. The van der Waals surface area contributed by atoms with Crippen LogP contribution in [0.3, 0.4) is 0 Å². The van der Waals surface area contributed by atoms with Crippen molar-refractivity contribution < 1.29 is 4.39 Å². The van der Waals surface area contributed by atoms with Gasteiger partial charge in [-0.25, -0.2) is 14.4 Å². The lowest BCUT2D eigenvalue weighted by Gasteiger charge is -2.36. The lowest BCUT2D eigenvalue weighted by Crippen LogP contribution is -2.52. The molecule has 1 saturated heterocycles. The predicted octanol–water partition coefficient (Wildman–Crippen LogP) is 2.44. The quantitative estimate of drug-likeness (QED) is 0.425. The maximum atomic E-state index is 13.7. The molecule has 1 aliphatic heterocycles. The number of hydrogen-bond donors (Lipinski definition) is 1. The smallest absolute Gasteiger partial charge is 0.225 e. The summed E-state index contributed by atoms with van der Waals surface area (Å²) >= 11 is 0. The molecule has 3 rings (SSSR count). The Morgan fingerprint density at radius 3 is 2.50 bits per heavy atom. The second-order valence-corrected chi connectivity index (χ2v) is 6.01. The molecule has 0 bridgehead atoms. The number of rotatable bonds is 3. The molecule has 0 radical (unpaired) electrons. The summed E-state index contributed by atoms with van der Waals surface area (Å²) in [4.78, 5) is 17.3. The highest BCUT2D eigenvalue weighted by molar-refractivity contribution is 14.0. The van der Waals surface area contributed by atoms with Crippen LogP contribution in [-0.4, -0.2) is 54.1 Å². The van der Waals surface area contributed by atoms with Crippen molar-refractivity contribution in [3.05, 3.63) is 53.6 Å². The maximum absolute atomic E-state index is 13.7. The van der Waals surface area contributed by atoms with Crippen LogP contribution in [0.1, 0.15) is 11.1 Å². The van der Waals surface area contributed by atoms with Crippen molar-refractivity contribution in [2.24, 2.45) is 4.99 Å². The molecule has 1 aliphatic rings. The van der Waals surface area contributed by atoms with Crippen molar-refractivity contribution in [1.29, 1.82) is 0 Å². The van der Waals surface area contributed by atoms with Crippen LogP contribution >= 0.6 is 24.0 Å². The van der Waals surface area contributed by atoms with Crippen LogP contribution in [0.25, 0.3) is 0 Å². The highest BCUT2D eigenvalue weighted by atomic mass is 127. The van der Waals surface area contributed by atoms with Crippen LogP contribution in [0.15, 0.2) is 41.7 Å². The van der Waals surface area contributed by atoms with Gasteiger partial charge in [-0.2, -0.15) is 0 Å². The molecule has 140 valence electrons. The molecule has 1 N–H and O–H groups in total. The van der Waals surface area contributed by atoms with E-state index in [4.69, 9.17) is 0 Å². The molecule has 1 aromatic heterocycles. The van der Waals surface area contributed by atoms with E-state index in [0.717, 1.165) is 43.7 Å². The molecule has 2 aromatic rings. The number of aromatic nitrogens is 2. The molecule has 6 nitrogen and oxygen atoms in total. The number of guanidine groups is 1. The first-order valence-electron chi connectivity index (χ1n) is 8.40. The van der Waals surface area contributed by atoms with Crippen molar-refractivity contribution in [2.75, 3.05) is 38.1 Å². The number of aliphatic imine (C=N–C) groups is 1. The molecule has 1 fully saturated rings. The second kappa shape index (κ2) is 9.65. The zero-order chi connectivity index (χ0) is 17.6. The van der Waals surface area contributed by atoms with Crippen LogP contribution in [0.5, 0.6) is 0 Å². The molecule has 0 aliphatic carbocycles. The largest absolute Gasteiger partial charge is 0.352 e. The Labute approximate surface area is 170 Å². The fourth-order valence-electron chi connectivity index (χ4n) is 2.83. The number of nitrogens with one attached hydrogen (secondary N) is 1. The maximum Gasteiger partial charge on any atom is 0.225 e. The van der Waals surface area contributed by atoms with Crippen LogP contribution in [0.4, 0.5) is 10.3 Å². The van der Waals surface area contributed by atoms with Gasteiger partial charge in [0.1, 0.15) is 5.82 Å². The third-order valence-electron chi connectivity index (χ3n) is 4.31. The van der Waals surface area contributed by atoms with Crippen LogP contribution in [0.2, 0.25) is 0 Å². The Morgan fingerprint density at radius 2 is 1.88 bits per heavy atom. The van der Waals surface area contributed by atoms with E-state index >= 15 is 0 Å². The number of aryl methyl sites for hydroxylation is 1. The molecule has 0 amide bonds. The highest BCUT2D eigenvalue weighted by Crippen LogP contribution is 2.11. The average molecular weight is 470 g/mol. The van der Waals surface area contributed by atoms with Crippen molar-refractivity contribution in [2.45, 2.75) is 13.5 Å². The summed E-state index contributed by atoms with van der Waals surface area (Å²) in [7, 11) is 1.77. The van der Waals surface area contributed by atoms with E-state index in [2.05, 4.69) is 30.1 Å². The molecule has 0 atom stereocenters. The van der Waals surface area contributed by atoms with Gasteiger partial charge >= 0.3 is 0 Å². The summed E-state index contributed by atoms with van der Waals surface area (Å²) in [5, 5.41) is 3.32. The van der Waals surface area contributed by atoms with Gasteiger partial charge in [0.15, 0.2) is 5.96 Å². The van der Waals surface area contributed by atoms with Crippen LogP contribution < -0.4 is 10.2 Å². The summed E-state index contributed by atoms with van der Waals surface area (Å²) in [6, 6.07) is 7.12. The van der Waals surface area contributed by atoms with E-state index < -0.39 is 0 Å². The monoisotopic (exact) mass is 470 g/mol. The SMILES string of the molecule is CN=C(NCc1ccc(C)c(F)c1)N1CCN(c2ncccn2)CC1.I. The molecule has 0 unspecified atom stereocenters. The van der Waals surface area contributed by atoms with Crippen LogP contribution in [-0.2, 0) is 6.54 Å². The topological polar surface area (TPSA) is 56.7 Å².